The third-order valence-corrected chi connectivity index (χ3v) is 4.01. The van der Waals surface area contributed by atoms with E-state index in [1.54, 1.807) is 24.3 Å². The van der Waals surface area contributed by atoms with E-state index >= 15 is 0 Å². The van der Waals surface area contributed by atoms with E-state index in [9.17, 15) is 9.59 Å². The Kier molecular flexibility index (Phi) is 6.60. The van der Waals surface area contributed by atoms with Crippen molar-refractivity contribution in [2.75, 3.05) is 0 Å². The summed E-state index contributed by atoms with van der Waals surface area (Å²) in [6.45, 7) is 3.79. The highest BCUT2D eigenvalue weighted by atomic mass is 35.5. The lowest BCUT2D eigenvalue weighted by atomic mass is 10.1. The van der Waals surface area contributed by atoms with Crippen LogP contribution < -0.4 is 33.0 Å². The standard InChI is InChI=1S/C20H19NO5.ClH/c1-12(2)18(21)20(23)26-14-8-9-15-16(10-14)24-11-17(19(15)22)25-13-6-4-3-5-7-13;/h3-12,18H,21H2,1-2H3;1H. The van der Waals surface area contributed by atoms with Crippen molar-refractivity contribution in [3.05, 3.63) is 65.0 Å². The van der Waals surface area contributed by atoms with Crippen molar-refractivity contribution in [2.45, 2.75) is 19.9 Å². The number of esters is 1. The SMILES string of the molecule is CC(C)C([NH3+])C(=O)Oc1ccc2c(=O)c(Oc3ccccc3)coc2c1.[Cl-]. The Balaban J connectivity index is 0.00000261. The molecule has 0 saturated heterocycles. The molecule has 7 heteroatoms. The van der Waals surface area contributed by atoms with Crippen molar-refractivity contribution >= 4 is 16.9 Å². The lowest BCUT2D eigenvalue weighted by Crippen LogP contribution is -3.00. The first-order valence-electron chi connectivity index (χ1n) is 8.29. The first-order valence-corrected chi connectivity index (χ1v) is 8.29. The van der Waals surface area contributed by atoms with Crippen molar-refractivity contribution in [1.29, 1.82) is 0 Å². The van der Waals surface area contributed by atoms with Crippen molar-refractivity contribution in [3.63, 3.8) is 0 Å². The monoisotopic (exact) mass is 389 g/mol. The van der Waals surface area contributed by atoms with Gasteiger partial charge in [0.2, 0.25) is 11.2 Å². The van der Waals surface area contributed by atoms with Gasteiger partial charge in [0.25, 0.3) is 0 Å². The molecule has 0 aliphatic heterocycles. The summed E-state index contributed by atoms with van der Waals surface area (Å²) in [6.07, 6.45) is 1.25. The summed E-state index contributed by atoms with van der Waals surface area (Å²) in [5.41, 5.74) is 3.81. The number of fused-ring (bicyclic) bond motifs is 1. The van der Waals surface area contributed by atoms with Gasteiger partial charge < -0.3 is 32.0 Å². The van der Waals surface area contributed by atoms with Gasteiger partial charge in [-0.05, 0) is 24.3 Å². The van der Waals surface area contributed by atoms with Crippen LogP contribution in [0.2, 0.25) is 0 Å². The Bertz CT molecular complexity index is 985. The van der Waals surface area contributed by atoms with Gasteiger partial charge in [-0.1, -0.05) is 32.0 Å². The fourth-order valence-corrected chi connectivity index (χ4v) is 2.30. The van der Waals surface area contributed by atoms with Gasteiger partial charge in [0.1, 0.15) is 23.3 Å². The highest BCUT2D eigenvalue weighted by molar-refractivity contribution is 5.81. The highest BCUT2D eigenvalue weighted by Crippen LogP contribution is 2.24. The maximum atomic E-state index is 12.6. The summed E-state index contributed by atoms with van der Waals surface area (Å²) in [4.78, 5) is 24.6. The smallest absolute Gasteiger partial charge is 0.370 e. The molecule has 1 atom stereocenters. The number of hydrogen-bond donors (Lipinski definition) is 1. The van der Waals surface area contributed by atoms with Crippen LogP contribution in [0.4, 0.5) is 0 Å². The number of carbonyl (C=O) groups is 1. The van der Waals surface area contributed by atoms with Crippen LogP contribution in [0.15, 0.2) is 64.0 Å². The molecular weight excluding hydrogens is 370 g/mol. The molecule has 0 spiro atoms. The van der Waals surface area contributed by atoms with Crippen LogP contribution in [0.1, 0.15) is 13.8 Å². The molecular formula is C20H20ClNO5. The molecule has 1 heterocycles. The molecule has 0 fully saturated rings. The Morgan fingerprint density at radius 1 is 1.07 bits per heavy atom. The van der Waals surface area contributed by atoms with Crippen molar-refractivity contribution in [3.8, 4) is 17.2 Å². The summed E-state index contributed by atoms with van der Waals surface area (Å²) in [6, 6.07) is 13.1. The molecule has 0 aliphatic rings. The minimum absolute atomic E-state index is 0. The van der Waals surface area contributed by atoms with Gasteiger partial charge in [0.05, 0.1) is 5.39 Å². The average Bonchev–Trinajstić information content (AvgIpc) is 2.64. The van der Waals surface area contributed by atoms with E-state index in [0.29, 0.717) is 22.5 Å². The van der Waals surface area contributed by atoms with E-state index in [1.165, 1.54) is 12.3 Å². The predicted molar refractivity (Wildman–Crippen MR) is 96.1 cm³/mol. The normalized spacial score (nSPS) is 11.7. The summed E-state index contributed by atoms with van der Waals surface area (Å²) >= 11 is 0. The quantitative estimate of drug-likeness (QED) is 0.480. The van der Waals surface area contributed by atoms with Gasteiger partial charge in [-0.3, -0.25) is 4.79 Å². The number of quaternary nitrogens is 1. The van der Waals surface area contributed by atoms with Crippen LogP contribution in [0.5, 0.6) is 17.2 Å². The average molecular weight is 390 g/mol. The second-order valence-corrected chi connectivity index (χ2v) is 6.27. The zero-order valence-electron chi connectivity index (χ0n) is 15.0. The molecule has 3 N–H and O–H groups in total. The molecule has 0 radical (unpaired) electrons. The Morgan fingerprint density at radius 3 is 2.44 bits per heavy atom. The van der Waals surface area contributed by atoms with Crippen LogP contribution in [-0.2, 0) is 4.79 Å². The van der Waals surface area contributed by atoms with Crippen molar-refractivity contribution in [2.24, 2.45) is 5.92 Å². The minimum Gasteiger partial charge on any atom is -1.00 e. The number of carbonyl (C=O) groups excluding carboxylic acids is 1. The van der Waals surface area contributed by atoms with Crippen molar-refractivity contribution in [1.82, 2.24) is 0 Å². The number of benzene rings is 2. The maximum absolute atomic E-state index is 12.6. The molecule has 6 nitrogen and oxygen atoms in total. The molecule has 0 saturated carbocycles. The maximum Gasteiger partial charge on any atom is 0.370 e. The summed E-state index contributed by atoms with van der Waals surface area (Å²) in [7, 11) is 0. The van der Waals surface area contributed by atoms with E-state index in [1.807, 2.05) is 32.0 Å². The molecule has 0 aliphatic carbocycles. The van der Waals surface area contributed by atoms with Crippen LogP contribution in [0.25, 0.3) is 11.0 Å². The predicted octanol–water partition coefficient (Wildman–Crippen LogP) is -0.239. The van der Waals surface area contributed by atoms with E-state index < -0.39 is 12.0 Å². The van der Waals surface area contributed by atoms with Crippen LogP contribution >= 0.6 is 0 Å². The van der Waals surface area contributed by atoms with Gasteiger partial charge in [-0.2, -0.15) is 0 Å². The van der Waals surface area contributed by atoms with E-state index in [-0.39, 0.29) is 29.5 Å². The first-order chi connectivity index (χ1) is 12.5. The fourth-order valence-electron chi connectivity index (χ4n) is 2.30. The van der Waals surface area contributed by atoms with Gasteiger partial charge in [-0.25, -0.2) is 4.79 Å². The molecule has 2 aromatic carbocycles. The molecule has 0 bridgehead atoms. The van der Waals surface area contributed by atoms with Gasteiger partial charge in [0.15, 0.2) is 6.04 Å². The molecule has 3 aromatic rings. The van der Waals surface area contributed by atoms with Gasteiger partial charge in [-0.15, -0.1) is 0 Å². The van der Waals surface area contributed by atoms with E-state index in [0.717, 1.165) is 0 Å². The third-order valence-electron chi connectivity index (χ3n) is 4.01. The van der Waals surface area contributed by atoms with E-state index in [2.05, 4.69) is 5.73 Å². The molecule has 142 valence electrons. The number of halogens is 1. The summed E-state index contributed by atoms with van der Waals surface area (Å²) < 4.78 is 16.4. The summed E-state index contributed by atoms with van der Waals surface area (Å²) in [5, 5.41) is 0.341. The number of hydrogen-bond acceptors (Lipinski definition) is 5. The number of para-hydroxylation sites is 1. The Hall–Kier alpha value is -2.83. The molecule has 0 amide bonds. The zero-order valence-corrected chi connectivity index (χ0v) is 15.7. The largest absolute Gasteiger partial charge is 1.00 e. The molecule has 3 rings (SSSR count). The van der Waals surface area contributed by atoms with Gasteiger partial charge in [0, 0.05) is 12.0 Å². The fraction of sp³-hybridized carbons (Fsp3) is 0.200. The lowest BCUT2D eigenvalue weighted by Gasteiger charge is -2.11. The Labute approximate surface area is 162 Å². The lowest BCUT2D eigenvalue weighted by molar-refractivity contribution is -0.417. The zero-order chi connectivity index (χ0) is 18.7. The highest BCUT2D eigenvalue weighted by Gasteiger charge is 2.23. The number of rotatable bonds is 5. The number of ether oxygens (including phenoxy) is 2. The van der Waals surface area contributed by atoms with Crippen LogP contribution in [-0.4, -0.2) is 12.0 Å². The van der Waals surface area contributed by atoms with E-state index in [4.69, 9.17) is 13.9 Å². The van der Waals surface area contributed by atoms with Crippen molar-refractivity contribution < 1.29 is 36.8 Å². The van der Waals surface area contributed by atoms with Crippen LogP contribution in [0, 0.1) is 5.92 Å². The van der Waals surface area contributed by atoms with Gasteiger partial charge >= 0.3 is 5.97 Å². The first kappa shape index (κ1) is 20.5. The third kappa shape index (κ3) is 4.67. The summed E-state index contributed by atoms with van der Waals surface area (Å²) in [5.74, 6) is 0.576. The topological polar surface area (TPSA) is 93.4 Å². The molecule has 1 unspecified atom stereocenters. The molecule has 27 heavy (non-hydrogen) atoms. The Morgan fingerprint density at radius 2 is 1.78 bits per heavy atom. The minimum atomic E-state index is -0.473. The second-order valence-electron chi connectivity index (χ2n) is 6.27. The second kappa shape index (κ2) is 8.70. The molecule has 1 aromatic heterocycles. The van der Waals surface area contributed by atoms with Crippen LogP contribution in [0.3, 0.4) is 0 Å².